The zero-order chi connectivity index (χ0) is 19.3. The van der Waals surface area contributed by atoms with E-state index < -0.39 is 17.7 Å². The number of rotatable bonds is 8. The maximum absolute atomic E-state index is 12.4. The second kappa shape index (κ2) is 8.14. The standard InChI is InChI=1S/C19H25N3O4/c1-13-7-5-8-14(2)17(13)21-16(23)11-19(3,4)26-15(18(24)25)12-22-10-6-9-20-22/h5-10,15H,11-12H2,1-4H3,(H,21,23)(H,24,25). The zero-order valence-corrected chi connectivity index (χ0v) is 15.5. The summed E-state index contributed by atoms with van der Waals surface area (Å²) in [5.41, 5.74) is 1.77. The summed E-state index contributed by atoms with van der Waals surface area (Å²) >= 11 is 0. The number of para-hydroxylation sites is 1. The van der Waals surface area contributed by atoms with Crippen LogP contribution in [0.5, 0.6) is 0 Å². The molecule has 26 heavy (non-hydrogen) atoms. The molecule has 0 saturated carbocycles. The minimum absolute atomic E-state index is 0.0314. The lowest BCUT2D eigenvalue weighted by atomic mass is 10.0. The molecule has 0 aliphatic carbocycles. The fraction of sp³-hybridized carbons (Fsp3) is 0.421. The van der Waals surface area contributed by atoms with Crippen LogP contribution in [-0.4, -0.2) is 38.5 Å². The summed E-state index contributed by atoms with van der Waals surface area (Å²) in [6.45, 7) is 7.33. The van der Waals surface area contributed by atoms with Crippen LogP contribution in [0.4, 0.5) is 5.69 Å². The highest BCUT2D eigenvalue weighted by Crippen LogP contribution is 2.23. The largest absolute Gasteiger partial charge is 0.479 e. The average molecular weight is 359 g/mol. The maximum Gasteiger partial charge on any atom is 0.334 e. The fourth-order valence-corrected chi connectivity index (χ4v) is 2.75. The summed E-state index contributed by atoms with van der Waals surface area (Å²) in [4.78, 5) is 23.9. The van der Waals surface area contributed by atoms with Gasteiger partial charge in [-0.3, -0.25) is 9.48 Å². The summed E-state index contributed by atoms with van der Waals surface area (Å²) in [5, 5.41) is 16.3. The molecule has 0 radical (unpaired) electrons. The number of aryl methyl sites for hydroxylation is 2. The molecular formula is C19H25N3O4. The molecule has 2 rings (SSSR count). The van der Waals surface area contributed by atoms with Gasteiger partial charge in [0.1, 0.15) is 0 Å². The zero-order valence-electron chi connectivity index (χ0n) is 15.5. The Hall–Kier alpha value is -2.67. The number of aromatic nitrogens is 2. The van der Waals surface area contributed by atoms with Gasteiger partial charge in [0.2, 0.25) is 5.91 Å². The summed E-state index contributed by atoms with van der Waals surface area (Å²) in [5.74, 6) is -1.32. The van der Waals surface area contributed by atoms with E-state index in [1.54, 1.807) is 32.3 Å². The molecule has 7 nitrogen and oxygen atoms in total. The van der Waals surface area contributed by atoms with Crippen molar-refractivity contribution in [2.24, 2.45) is 0 Å². The Labute approximate surface area is 153 Å². The van der Waals surface area contributed by atoms with Gasteiger partial charge in [0.15, 0.2) is 6.10 Å². The number of amides is 1. The van der Waals surface area contributed by atoms with E-state index in [4.69, 9.17) is 4.74 Å². The van der Waals surface area contributed by atoms with Gasteiger partial charge in [-0.2, -0.15) is 5.10 Å². The van der Waals surface area contributed by atoms with E-state index in [0.29, 0.717) is 0 Å². The van der Waals surface area contributed by atoms with Crippen LogP contribution in [0, 0.1) is 13.8 Å². The first-order valence-electron chi connectivity index (χ1n) is 8.42. The molecule has 1 aromatic carbocycles. The van der Waals surface area contributed by atoms with Crippen molar-refractivity contribution in [1.29, 1.82) is 0 Å². The molecule has 1 atom stereocenters. The van der Waals surface area contributed by atoms with Gasteiger partial charge in [0.05, 0.1) is 18.6 Å². The van der Waals surface area contributed by atoms with Crippen LogP contribution in [0.3, 0.4) is 0 Å². The van der Waals surface area contributed by atoms with Crippen LogP contribution < -0.4 is 5.32 Å². The monoisotopic (exact) mass is 359 g/mol. The van der Waals surface area contributed by atoms with Crippen LogP contribution in [0.25, 0.3) is 0 Å². The number of nitrogens with one attached hydrogen (secondary N) is 1. The van der Waals surface area contributed by atoms with Crippen molar-refractivity contribution in [3.05, 3.63) is 47.8 Å². The number of carbonyl (C=O) groups excluding carboxylic acids is 1. The van der Waals surface area contributed by atoms with E-state index in [9.17, 15) is 14.7 Å². The predicted octanol–water partition coefficient (Wildman–Crippen LogP) is 2.78. The molecule has 1 aromatic heterocycles. The van der Waals surface area contributed by atoms with Crippen molar-refractivity contribution < 1.29 is 19.4 Å². The third kappa shape index (κ3) is 5.42. The summed E-state index contributed by atoms with van der Waals surface area (Å²) in [7, 11) is 0. The van der Waals surface area contributed by atoms with Crippen molar-refractivity contribution in [1.82, 2.24) is 9.78 Å². The highest BCUT2D eigenvalue weighted by molar-refractivity contribution is 5.92. The van der Waals surface area contributed by atoms with Crippen molar-refractivity contribution >= 4 is 17.6 Å². The lowest BCUT2D eigenvalue weighted by molar-refractivity contribution is -0.165. The van der Waals surface area contributed by atoms with Crippen LogP contribution in [0.1, 0.15) is 31.4 Å². The SMILES string of the molecule is Cc1cccc(C)c1NC(=O)CC(C)(C)OC(Cn1cccn1)C(=O)O. The molecular weight excluding hydrogens is 334 g/mol. The number of carbonyl (C=O) groups is 2. The maximum atomic E-state index is 12.4. The first-order chi connectivity index (χ1) is 12.2. The molecule has 0 spiro atoms. The number of aliphatic carboxylic acids is 1. The van der Waals surface area contributed by atoms with Gasteiger partial charge in [-0.25, -0.2) is 4.79 Å². The number of hydrogen-bond donors (Lipinski definition) is 2. The lowest BCUT2D eigenvalue weighted by Gasteiger charge is -2.28. The summed E-state index contributed by atoms with van der Waals surface area (Å²) < 4.78 is 7.21. The van der Waals surface area contributed by atoms with Gasteiger partial charge in [-0.1, -0.05) is 18.2 Å². The molecule has 1 unspecified atom stereocenters. The third-order valence-corrected chi connectivity index (χ3v) is 3.98. The van der Waals surface area contributed by atoms with Crippen molar-refractivity contribution in [3.8, 4) is 0 Å². The molecule has 1 amide bonds. The molecule has 140 valence electrons. The van der Waals surface area contributed by atoms with Crippen LogP contribution in [0.2, 0.25) is 0 Å². The second-order valence-corrected chi connectivity index (χ2v) is 6.92. The summed E-state index contributed by atoms with van der Waals surface area (Å²) in [6.07, 6.45) is 2.17. The number of nitrogens with zero attached hydrogens (tertiary/aromatic N) is 2. The molecule has 2 aromatic rings. The van der Waals surface area contributed by atoms with E-state index in [1.807, 2.05) is 32.0 Å². The quantitative estimate of drug-likeness (QED) is 0.756. The van der Waals surface area contributed by atoms with Gasteiger partial charge in [-0.05, 0) is 44.9 Å². The highest BCUT2D eigenvalue weighted by atomic mass is 16.5. The van der Waals surface area contributed by atoms with E-state index >= 15 is 0 Å². The fourth-order valence-electron chi connectivity index (χ4n) is 2.75. The average Bonchev–Trinajstić information content (AvgIpc) is 3.02. The molecule has 2 N–H and O–H groups in total. The number of carboxylic acids is 1. The summed E-state index contributed by atoms with van der Waals surface area (Å²) in [6, 6.07) is 7.49. The number of benzene rings is 1. The van der Waals surface area contributed by atoms with E-state index in [0.717, 1.165) is 16.8 Å². The lowest BCUT2D eigenvalue weighted by Crippen LogP contribution is -2.40. The molecule has 0 aliphatic heterocycles. The van der Waals surface area contributed by atoms with Crippen LogP contribution in [-0.2, 0) is 20.9 Å². The molecule has 7 heteroatoms. The van der Waals surface area contributed by atoms with Crippen LogP contribution in [0.15, 0.2) is 36.7 Å². The molecule has 0 bridgehead atoms. The first kappa shape index (κ1) is 19.7. The Balaban J connectivity index is 2.01. The number of anilines is 1. The predicted molar refractivity (Wildman–Crippen MR) is 98.0 cm³/mol. The van der Waals surface area contributed by atoms with Crippen LogP contribution >= 0.6 is 0 Å². The van der Waals surface area contributed by atoms with Crippen molar-refractivity contribution in [3.63, 3.8) is 0 Å². The minimum Gasteiger partial charge on any atom is -0.479 e. The molecule has 0 saturated heterocycles. The number of carboxylic acid groups (broad SMARTS) is 1. The second-order valence-electron chi connectivity index (χ2n) is 6.92. The van der Waals surface area contributed by atoms with Gasteiger partial charge < -0.3 is 15.2 Å². The van der Waals surface area contributed by atoms with Gasteiger partial charge >= 0.3 is 5.97 Å². The molecule has 0 aliphatic rings. The molecule has 0 fully saturated rings. The van der Waals surface area contributed by atoms with Gasteiger partial charge in [0, 0.05) is 18.1 Å². The Morgan fingerprint density at radius 2 is 1.92 bits per heavy atom. The Morgan fingerprint density at radius 1 is 1.27 bits per heavy atom. The Morgan fingerprint density at radius 3 is 2.46 bits per heavy atom. The van der Waals surface area contributed by atoms with Gasteiger partial charge in [-0.15, -0.1) is 0 Å². The van der Waals surface area contributed by atoms with Gasteiger partial charge in [0.25, 0.3) is 0 Å². The Bertz CT molecular complexity index is 749. The van der Waals surface area contributed by atoms with Crippen molar-refractivity contribution in [2.45, 2.75) is 52.4 Å². The normalized spacial score (nSPS) is 12.6. The van der Waals surface area contributed by atoms with E-state index in [2.05, 4.69) is 10.4 Å². The first-order valence-corrected chi connectivity index (χ1v) is 8.42. The Kier molecular flexibility index (Phi) is 6.15. The van der Waals surface area contributed by atoms with E-state index in [1.165, 1.54) is 4.68 Å². The highest BCUT2D eigenvalue weighted by Gasteiger charge is 2.31. The smallest absolute Gasteiger partial charge is 0.334 e. The number of ether oxygens (including phenoxy) is 1. The molecule has 1 heterocycles. The number of hydrogen-bond acceptors (Lipinski definition) is 4. The van der Waals surface area contributed by atoms with E-state index in [-0.39, 0.29) is 18.9 Å². The minimum atomic E-state index is -1.10. The topological polar surface area (TPSA) is 93.5 Å². The third-order valence-electron chi connectivity index (χ3n) is 3.98. The van der Waals surface area contributed by atoms with Crippen molar-refractivity contribution in [2.75, 3.05) is 5.32 Å².